The van der Waals surface area contributed by atoms with Gasteiger partial charge >= 0.3 is 34.7 Å². The molecule has 0 bridgehead atoms. The molecule has 0 saturated carbocycles. The molecule has 0 amide bonds. The summed E-state index contributed by atoms with van der Waals surface area (Å²) in [4.78, 5) is 0. The van der Waals surface area contributed by atoms with Crippen LogP contribution in [-0.2, 0) is 20.0 Å². The largest absolute Gasteiger partial charge is 0.453 e. The van der Waals surface area contributed by atoms with Gasteiger partial charge in [0.1, 0.15) is 12.8 Å². The van der Waals surface area contributed by atoms with Gasteiger partial charge < -0.3 is 0 Å². The van der Waals surface area contributed by atoms with E-state index < -0.39 is 71.7 Å². The Labute approximate surface area is 151 Å². The monoisotopic (exact) mass is 509 g/mol. The van der Waals surface area contributed by atoms with Crippen molar-refractivity contribution in [3.05, 3.63) is 0 Å². The molecule has 0 fully saturated rings. The van der Waals surface area contributed by atoms with Gasteiger partial charge in [0.05, 0.1) is 0 Å². The van der Waals surface area contributed by atoms with Gasteiger partial charge in [-0.05, 0) is 0 Å². The number of nitrogens with one attached hydrogen (secondary N) is 1. The first-order valence-corrected chi connectivity index (χ1v) is 9.01. The molecule has 29 heavy (non-hydrogen) atoms. The summed E-state index contributed by atoms with van der Waals surface area (Å²) in [6.45, 7) is 0. The summed E-state index contributed by atoms with van der Waals surface area (Å²) in [5.41, 5.74) is 0. The predicted molar refractivity (Wildman–Crippen MR) is 62.1 cm³/mol. The topological polar surface area (TPSA) is 80.3 Å². The molecule has 0 spiro atoms. The van der Waals surface area contributed by atoms with Crippen LogP contribution in [0.4, 0.5) is 61.5 Å². The van der Waals surface area contributed by atoms with Gasteiger partial charge in [0.15, 0.2) is 0 Å². The molecule has 0 radical (unpaired) electrons. The van der Waals surface area contributed by atoms with Gasteiger partial charge in [-0.1, -0.05) is 4.13 Å². The maximum absolute atomic E-state index is 13.2. The van der Waals surface area contributed by atoms with Gasteiger partial charge in [-0.25, -0.2) is 16.8 Å². The summed E-state index contributed by atoms with van der Waals surface area (Å²) < 4.78 is 217. The van der Waals surface area contributed by atoms with E-state index in [-0.39, 0.29) is 0 Å². The first-order chi connectivity index (χ1) is 12.1. The van der Waals surface area contributed by atoms with Crippen molar-refractivity contribution in [3.8, 4) is 0 Å². The minimum atomic E-state index is -7.44. The fourth-order valence-electron chi connectivity index (χ4n) is 1.17. The molecule has 0 aliphatic heterocycles. The molecule has 0 aromatic heterocycles. The van der Waals surface area contributed by atoms with Crippen LogP contribution in [0, 0.1) is 0 Å². The van der Waals surface area contributed by atoms with Gasteiger partial charge in [0.2, 0.25) is 0 Å². The molecule has 0 aromatic rings. The Balaban J connectivity index is 5.92. The molecule has 0 rings (SSSR count). The molecule has 0 atom stereocenters. The van der Waals surface area contributed by atoms with Crippen LogP contribution in [0.3, 0.4) is 0 Å². The molecule has 176 valence electrons. The molecule has 0 aliphatic carbocycles. The zero-order chi connectivity index (χ0) is 24.1. The predicted octanol–water partition coefficient (Wildman–Crippen LogP) is 3.60. The SMILES string of the molecule is O=S(=O)(NS(=O)(=O)C(F)(F)CC(F)(F)C(F)(F)F)C(F)(F)CC(F)(F)C(F)(F)F. The Morgan fingerprint density at radius 3 is 0.862 bits per heavy atom. The molecular formula is C8H5F14NO4S2. The normalized spacial score (nSPS) is 16.2. The standard InChI is InChI=1S/C8H5F14NO4S2/c9-3(10,7(17,18)19)1-5(13,14)28(24,25)23-29(26,27)6(15,16)2-4(11,12)8(20,21)22/h23H,1-2H2. The molecule has 0 aliphatic rings. The van der Waals surface area contributed by atoms with Crippen LogP contribution in [0.1, 0.15) is 12.8 Å². The molecule has 1 N–H and O–H groups in total. The van der Waals surface area contributed by atoms with Gasteiger partial charge in [-0.15, -0.1) is 0 Å². The van der Waals surface area contributed by atoms with Crippen molar-refractivity contribution in [1.29, 1.82) is 0 Å². The van der Waals surface area contributed by atoms with Crippen LogP contribution in [0.15, 0.2) is 0 Å². The van der Waals surface area contributed by atoms with Crippen molar-refractivity contribution < 1.29 is 78.3 Å². The highest BCUT2D eigenvalue weighted by atomic mass is 32.3. The van der Waals surface area contributed by atoms with Crippen molar-refractivity contribution in [2.75, 3.05) is 0 Å². The number of hydrogen-bond donors (Lipinski definition) is 1. The second-order valence-electron chi connectivity index (χ2n) is 5.12. The minimum Gasteiger partial charge on any atom is -0.205 e. The highest BCUT2D eigenvalue weighted by Gasteiger charge is 2.68. The fraction of sp³-hybridized carbons (Fsp3) is 1.00. The third-order valence-electron chi connectivity index (χ3n) is 2.69. The molecule has 5 nitrogen and oxygen atoms in total. The Morgan fingerprint density at radius 1 is 0.483 bits per heavy atom. The lowest BCUT2D eigenvalue weighted by atomic mass is 10.2. The third kappa shape index (κ3) is 5.95. The lowest BCUT2D eigenvalue weighted by molar-refractivity contribution is -0.294. The Bertz CT molecular complexity index is 742. The van der Waals surface area contributed by atoms with Crippen molar-refractivity contribution in [1.82, 2.24) is 4.13 Å². The second kappa shape index (κ2) is 7.24. The van der Waals surface area contributed by atoms with Crippen molar-refractivity contribution in [3.63, 3.8) is 0 Å². The van der Waals surface area contributed by atoms with Crippen molar-refractivity contribution in [2.24, 2.45) is 0 Å². The van der Waals surface area contributed by atoms with E-state index >= 15 is 0 Å². The zero-order valence-electron chi connectivity index (χ0n) is 12.7. The van der Waals surface area contributed by atoms with Crippen LogP contribution in [0.5, 0.6) is 0 Å². The number of alkyl halides is 14. The van der Waals surface area contributed by atoms with Gasteiger partial charge in [0, 0.05) is 0 Å². The first kappa shape index (κ1) is 27.9. The summed E-state index contributed by atoms with van der Waals surface area (Å²) in [6.07, 6.45) is -21.7. The lowest BCUT2D eigenvalue weighted by Crippen LogP contribution is -2.53. The average Bonchev–Trinajstić information content (AvgIpc) is 2.30. The van der Waals surface area contributed by atoms with Crippen LogP contribution in [-0.4, -0.2) is 51.5 Å². The molecule has 0 heterocycles. The van der Waals surface area contributed by atoms with Gasteiger partial charge in [-0.2, -0.15) is 61.5 Å². The molecular weight excluding hydrogens is 504 g/mol. The average molecular weight is 509 g/mol. The second-order valence-corrected chi connectivity index (χ2v) is 9.00. The fourth-order valence-corrected chi connectivity index (χ4v) is 4.05. The van der Waals surface area contributed by atoms with E-state index in [9.17, 15) is 78.3 Å². The van der Waals surface area contributed by atoms with E-state index in [0.29, 0.717) is 0 Å². The number of hydrogen-bond acceptors (Lipinski definition) is 4. The zero-order valence-corrected chi connectivity index (χ0v) is 14.3. The smallest absolute Gasteiger partial charge is 0.205 e. The van der Waals surface area contributed by atoms with E-state index in [4.69, 9.17) is 0 Å². The summed E-state index contributed by atoms with van der Waals surface area (Å²) in [6, 6.07) is 0. The molecule has 0 saturated heterocycles. The summed E-state index contributed by atoms with van der Waals surface area (Å²) >= 11 is 0. The Hall–Kier alpha value is -1.12. The van der Waals surface area contributed by atoms with E-state index in [1.54, 1.807) is 0 Å². The van der Waals surface area contributed by atoms with Gasteiger partial charge in [-0.3, -0.25) is 0 Å². The minimum absolute atomic E-state index is 0.796. The van der Waals surface area contributed by atoms with Crippen LogP contribution >= 0.6 is 0 Å². The molecule has 0 unspecified atom stereocenters. The molecule has 0 aromatic carbocycles. The summed E-state index contributed by atoms with van der Waals surface area (Å²) in [5.74, 6) is -13.0. The Kier molecular flexibility index (Phi) is 6.96. The number of sulfonamides is 2. The number of rotatable bonds is 8. The van der Waals surface area contributed by atoms with Crippen LogP contribution < -0.4 is 4.13 Å². The summed E-state index contributed by atoms with van der Waals surface area (Å²) in [5, 5.41) is -12.9. The quantitative estimate of drug-likeness (QED) is 0.508. The highest BCUT2D eigenvalue weighted by Crippen LogP contribution is 2.46. The van der Waals surface area contributed by atoms with Crippen molar-refractivity contribution in [2.45, 2.75) is 47.5 Å². The number of halogens is 14. The van der Waals surface area contributed by atoms with E-state index in [0.717, 1.165) is 0 Å². The van der Waals surface area contributed by atoms with E-state index in [2.05, 4.69) is 0 Å². The Morgan fingerprint density at radius 2 is 0.690 bits per heavy atom. The maximum Gasteiger partial charge on any atom is 0.453 e. The molecule has 21 heteroatoms. The van der Waals surface area contributed by atoms with Crippen LogP contribution in [0.2, 0.25) is 0 Å². The van der Waals surface area contributed by atoms with E-state index in [1.807, 2.05) is 0 Å². The van der Waals surface area contributed by atoms with Gasteiger partial charge in [0.25, 0.3) is 20.0 Å². The van der Waals surface area contributed by atoms with Crippen LogP contribution in [0.25, 0.3) is 0 Å². The van der Waals surface area contributed by atoms with E-state index in [1.165, 1.54) is 0 Å². The van der Waals surface area contributed by atoms with Crippen molar-refractivity contribution >= 4 is 20.0 Å². The lowest BCUT2D eigenvalue weighted by Gasteiger charge is -2.27. The summed E-state index contributed by atoms with van der Waals surface area (Å²) in [7, 11) is -14.9. The third-order valence-corrected chi connectivity index (χ3v) is 6.31. The maximum atomic E-state index is 13.2. The highest BCUT2D eigenvalue weighted by molar-refractivity contribution is 8.05. The first-order valence-electron chi connectivity index (χ1n) is 6.04.